The van der Waals surface area contributed by atoms with Crippen LogP contribution in [-0.4, -0.2) is 40.0 Å². The highest BCUT2D eigenvalue weighted by Gasteiger charge is 2.29. The Labute approximate surface area is 126 Å². The molecule has 1 aromatic rings. The highest BCUT2D eigenvalue weighted by molar-refractivity contribution is 7.89. The van der Waals surface area contributed by atoms with Crippen LogP contribution in [0.5, 0.6) is 0 Å². The van der Waals surface area contributed by atoms with Crippen molar-refractivity contribution < 1.29 is 22.7 Å². The summed E-state index contributed by atoms with van der Waals surface area (Å²) >= 11 is 1.03. The molecule has 1 fully saturated rings. The van der Waals surface area contributed by atoms with Gasteiger partial charge in [-0.15, -0.1) is 11.3 Å². The Morgan fingerprint density at radius 3 is 2.86 bits per heavy atom. The maximum Gasteiger partial charge on any atom is 0.349 e. The quantitative estimate of drug-likeness (QED) is 0.760. The van der Waals surface area contributed by atoms with Crippen molar-refractivity contribution in [2.24, 2.45) is 0 Å². The van der Waals surface area contributed by atoms with Gasteiger partial charge in [-0.2, -0.15) is 0 Å². The molecule has 1 unspecified atom stereocenters. The number of rotatable bonds is 5. The third-order valence-electron chi connectivity index (χ3n) is 3.16. The second-order valence-corrected chi connectivity index (χ2v) is 7.31. The van der Waals surface area contributed by atoms with Gasteiger partial charge in [0.2, 0.25) is 15.9 Å². The van der Waals surface area contributed by atoms with E-state index < -0.39 is 16.0 Å². The number of carbonyl (C=O) groups is 2. The second kappa shape index (κ2) is 6.12. The van der Waals surface area contributed by atoms with Crippen molar-refractivity contribution in [3.05, 3.63) is 15.8 Å². The van der Waals surface area contributed by atoms with E-state index in [9.17, 15) is 18.0 Å². The zero-order valence-electron chi connectivity index (χ0n) is 11.6. The minimum absolute atomic E-state index is 0.0522. The van der Waals surface area contributed by atoms with Crippen LogP contribution in [0.3, 0.4) is 0 Å². The van der Waals surface area contributed by atoms with Crippen molar-refractivity contribution in [1.29, 1.82) is 0 Å². The number of esters is 1. The highest BCUT2D eigenvalue weighted by Crippen LogP contribution is 2.27. The summed E-state index contributed by atoms with van der Waals surface area (Å²) in [5.74, 6) is -0.760. The Kier molecular flexibility index (Phi) is 4.64. The second-order valence-electron chi connectivity index (χ2n) is 4.72. The first-order valence-corrected chi connectivity index (χ1v) is 8.67. The van der Waals surface area contributed by atoms with E-state index in [1.165, 1.54) is 7.11 Å². The van der Waals surface area contributed by atoms with Crippen LogP contribution >= 0.6 is 11.3 Å². The predicted octanol–water partition coefficient (Wildman–Crippen LogP) is 0.400. The zero-order chi connectivity index (χ0) is 15.6. The fourth-order valence-electron chi connectivity index (χ4n) is 2.11. The van der Waals surface area contributed by atoms with E-state index in [0.29, 0.717) is 18.4 Å². The van der Waals surface area contributed by atoms with Gasteiger partial charge in [0.1, 0.15) is 9.77 Å². The van der Waals surface area contributed by atoms with Gasteiger partial charge in [-0.05, 0) is 24.3 Å². The third kappa shape index (κ3) is 3.42. The van der Waals surface area contributed by atoms with Crippen molar-refractivity contribution in [1.82, 2.24) is 10.0 Å². The lowest BCUT2D eigenvalue weighted by Gasteiger charge is -2.12. The number of methoxy groups -OCH3 is 1. The Balaban J connectivity index is 2.18. The van der Waals surface area contributed by atoms with Crippen LogP contribution in [0.25, 0.3) is 0 Å². The Morgan fingerprint density at radius 1 is 1.57 bits per heavy atom. The maximum atomic E-state index is 12.4. The molecule has 1 aliphatic rings. The monoisotopic (exact) mass is 332 g/mol. The van der Waals surface area contributed by atoms with E-state index in [1.54, 1.807) is 12.3 Å². The average Bonchev–Trinajstić information content (AvgIpc) is 3.02. The van der Waals surface area contributed by atoms with Crippen molar-refractivity contribution in [3.63, 3.8) is 0 Å². The first-order chi connectivity index (χ1) is 9.85. The van der Waals surface area contributed by atoms with Gasteiger partial charge in [-0.3, -0.25) is 4.79 Å². The number of thiophene rings is 1. The number of ether oxygens (including phenoxy) is 1. The molecule has 1 atom stereocenters. The van der Waals surface area contributed by atoms with Crippen LogP contribution in [0, 0.1) is 6.92 Å². The van der Waals surface area contributed by atoms with Gasteiger partial charge >= 0.3 is 5.97 Å². The van der Waals surface area contributed by atoms with Crippen LogP contribution < -0.4 is 10.0 Å². The van der Waals surface area contributed by atoms with Crippen molar-refractivity contribution in [3.8, 4) is 0 Å². The number of aryl methyl sites for hydroxylation is 1. The molecule has 2 heterocycles. The summed E-state index contributed by atoms with van der Waals surface area (Å²) in [4.78, 5) is 22.7. The molecule has 7 nitrogen and oxygen atoms in total. The molecule has 1 amide bonds. The molecule has 1 aliphatic heterocycles. The summed E-state index contributed by atoms with van der Waals surface area (Å²) in [6.07, 6.45) is 0.991. The molecule has 1 saturated heterocycles. The highest BCUT2D eigenvalue weighted by atomic mass is 32.2. The molecule has 0 aromatic carbocycles. The molecule has 9 heteroatoms. The van der Waals surface area contributed by atoms with E-state index in [1.807, 2.05) is 0 Å². The van der Waals surface area contributed by atoms with Gasteiger partial charge in [-0.25, -0.2) is 17.9 Å². The molecule has 0 saturated carbocycles. The summed E-state index contributed by atoms with van der Waals surface area (Å²) in [6, 6.07) is -0.215. The lowest BCUT2D eigenvalue weighted by molar-refractivity contribution is -0.119. The number of carbonyl (C=O) groups excluding carboxylic acids is 2. The number of hydrogen-bond donors (Lipinski definition) is 2. The standard InChI is InChI=1S/C12H16N2O5S2/c1-7-6-20-10(12(16)19-2)11(7)21(17,18)13-5-8-3-4-9(15)14-8/h6,8,13H,3-5H2,1-2H3,(H,14,15). The van der Waals surface area contributed by atoms with Gasteiger partial charge in [0.25, 0.3) is 0 Å². The summed E-state index contributed by atoms with van der Waals surface area (Å²) in [6.45, 7) is 1.72. The van der Waals surface area contributed by atoms with Gasteiger partial charge < -0.3 is 10.1 Å². The largest absolute Gasteiger partial charge is 0.465 e. The van der Waals surface area contributed by atoms with E-state index in [2.05, 4.69) is 14.8 Å². The number of amides is 1. The van der Waals surface area contributed by atoms with Gasteiger partial charge in [0.15, 0.2) is 0 Å². The Morgan fingerprint density at radius 2 is 2.29 bits per heavy atom. The topological polar surface area (TPSA) is 102 Å². The Hall–Kier alpha value is -1.45. The van der Waals surface area contributed by atoms with E-state index in [-0.39, 0.29) is 28.3 Å². The summed E-state index contributed by atoms with van der Waals surface area (Å²) in [5, 5.41) is 4.28. The van der Waals surface area contributed by atoms with Gasteiger partial charge in [0.05, 0.1) is 7.11 Å². The van der Waals surface area contributed by atoms with Crippen LogP contribution in [0.2, 0.25) is 0 Å². The lowest BCUT2D eigenvalue weighted by Crippen LogP contribution is -2.38. The minimum Gasteiger partial charge on any atom is -0.465 e. The van der Waals surface area contributed by atoms with Crippen LogP contribution in [0.4, 0.5) is 0 Å². The maximum absolute atomic E-state index is 12.4. The molecule has 0 spiro atoms. The van der Waals surface area contributed by atoms with Crippen molar-refractivity contribution in [2.45, 2.75) is 30.7 Å². The number of nitrogens with one attached hydrogen (secondary N) is 2. The normalized spacial score (nSPS) is 18.6. The summed E-state index contributed by atoms with van der Waals surface area (Å²) < 4.78 is 31.8. The predicted molar refractivity (Wildman–Crippen MR) is 76.7 cm³/mol. The number of hydrogen-bond acceptors (Lipinski definition) is 6. The molecule has 0 radical (unpaired) electrons. The SMILES string of the molecule is COC(=O)c1scc(C)c1S(=O)(=O)NCC1CCC(=O)N1. The molecule has 21 heavy (non-hydrogen) atoms. The van der Waals surface area contributed by atoms with Crippen molar-refractivity contribution >= 4 is 33.2 Å². The van der Waals surface area contributed by atoms with Gasteiger partial charge in [0, 0.05) is 19.0 Å². The molecular formula is C12H16N2O5S2. The summed E-state index contributed by atoms with van der Waals surface area (Å²) in [5.41, 5.74) is 0.489. The lowest BCUT2D eigenvalue weighted by atomic mass is 10.2. The van der Waals surface area contributed by atoms with Crippen LogP contribution in [-0.2, 0) is 19.6 Å². The smallest absolute Gasteiger partial charge is 0.349 e. The van der Waals surface area contributed by atoms with E-state index in [4.69, 9.17) is 0 Å². The Bertz CT molecular complexity index is 665. The fraction of sp³-hybridized carbons (Fsp3) is 0.500. The summed E-state index contributed by atoms with van der Waals surface area (Å²) in [7, 11) is -2.63. The zero-order valence-corrected chi connectivity index (χ0v) is 13.3. The fourth-order valence-corrected chi connectivity index (χ4v) is 4.90. The van der Waals surface area contributed by atoms with E-state index in [0.717, 1.165) is 11.3 Å². The minimum atomic E-state index is -3.83. The van der Waals surface area contributed by atoms with Crippen LogP contribution in [0.15, 0.2) is 10.3 Å². The van der Waals surface area contributed by atoms with E-state index >= 15 is 0 Å². The molecule has 0 aliphatic carbocycles. The van der Waals surface area contributed by atoms with Gasteiger partial charge in [-0.1, -0.05) is 0 Å². The molecule has 0 bridgehead atoms. The molecule has 2 N–H and O–H groups in total. The average molecular weight is 332 g/mol. The molecule has 116 valence electrons. The molecule has 1 aromatic heterocycles. The molecule has 2 rings (SSSR count). The van der Waals surface area contributed by atoms with Crippen LogP contribution in [0.1, 0.15) is 28.1 Å². The molecular weight excluding hydrogens is 316 g/mol. The first-order valence-electron chi connectivity index (χ1n) is 6.30. The third-order valence-corrected chi connectivity index (χ3v) is 5.98. The number of sulfonamides is 1. The van der Waals surface area contributed by atoms with Crippen molar-refractivity contribution in [2.75, 3.05) is 13.7 Å². The first kappa shape index (κ1) is 15.9.